The predicted octanol–water partition coefficient (Wildman–Crippen LogP) is 0.598. The molecule has 1 N–H and O–H groups in total. The van der Waals surface area contributed by atoms with E-state index in [-0.39, 0.29) is 3.72 Å². The van der Waals surface area contributed by atoms with Gasteiger partial charge in [0.25, 0.3) is 0 Å². The Morgan fingerprint density at radius 3 is 2.20 bits per heavy atom. The number of hydrogen-bond donors (Lipinski definition) is 1. The number of rotatable bonds is 1. The highest BCUT2D eigenvalue weighted by Gasteiger charge is 1.72. The highest BCUT2D eigenvalue weighted by molar-refractivity contribution is 14.1. The van der Waals surface area contributed by atoms with Gasteiger partial charge in [-0.05, 0) is 22.6 Å². The summed E-state index contributed by atoms with van der Waals surface area (Å²) in [6.07, 6.45) is 0.487. The van der Waals surface area contributed by atoms with Gasteiger partial charge in [-0.2, -0.15) is 0 Å². The molecule has 28 valence electrons. The fourth-order valence-electron chi connectivity index (χ4n) is 0. The Hall–Kier alpha value is 0.0700. The number of hydrogen-bond acceptors (Lipinski definition) is 2. The number of carbonyl (C=O) groups is 1. The first-order valence-electron chi connectivity index (χ1n) is 0.963. The van der Waals surface area contributed by atoms with Gasteiger partial charge < -0.3 is 0 Å². The van der Waals surface area contributed by atoms with E-state index in [0.717, 1.165) is 0 Å². The first-order valence-corrected chi connectivity index (χ1v) is 2.04. The molecule has 0 rings (SSSR count). The van der Waals surface area contributed by atoms with Crippen LogP contribution in [0.2, 0.25) is 0 Å². The Morgan fingerprint density at radius 1 is 2.00 bits per heavy atom. The van der Waals surface area contributed by atoms with Crippen LogP contribution in [0.25, 0.3) is 0 Å². The van der Waals surface area contributed by atoms with E-state index in [1.807, 2.05) is 0 Å². The molecule has 0 aliphatic heterocycles. The zero-order chi connectivity index (χ0) is 4.28. The molecule has 0 spiro atoms. The molecule has 0 radical (unpaired) electrons. The van der Waals surface area contributed by atoms with Gasteiger partial charge in [-0.25, -0.2) is 0 Å². The monoisotopic (exact) mass is 183 g/mol. The highest BCUT2D eigenvalue weighted by atomic mass is 127. The molecule has 0 aliphatic carbocycles. The molecule has 0 aromatic carbocycles. The van der Waals surface area contributed by atoms with Crippen LogP contribution in [0.4, 0.5) is 0 Å². The van der Waals surface area contributed by atoms with E-state index in [2.05, 4.69) is 0 Å². The fraction of sp³-hybridized carbons (Fsp3) is 0. The minimum atomic E-state index is 0.0441. The number of nitrogens with one attached hydrogen (secondary N) is 1. The normalized spacial score (nSPS) is 6.60. The third-order valence-corrected chi connectivity index (χ3v) is 0.358. The number of halogens is 1. The molecule has 2 nitrogen and oxygen atoms in total. The second kappa shape index (κ2) is 2.32. The molecule has 5 heavy (non-hydrogen) atoms. The van der Waals surface area contributed by atoms with Crippen molar-refractivity contribution in [2.75, 3.05) is 0 Å². The maximum atomic E-state index is 9.27. The van der Waals surface area contributed by atoms with Gasteiger partial charge in [-0.3, -0.25) is 10.2 Å². The van der Waals surface area contributed by atoms with Crippen LogP contribution in [0.5, 0.6) is 0 Å². The average Bonchev–Trinajstić information content (AvgIpc) is 1.38. The van der Waals surface area contributed by atoms with Gasteiger partial charge in [0.1, 0.15) is 3.72 Å². The topological polar surface area (TPSA) is 40.9 Å². The van der Waals surface area contributed by atoms with Crippen LogP contribution in [-0.4, -0.2) is 10.0 Å². The third kappa shape index (κ3) is 4.07. The summed E-state index contributed by atoms with van der Waals surface area (Å²) in [7, 11) is 0. The zero-order valence-corrected chi connectivity index (χ0v) is 4.52. The van der Waals surface area contributed by atoms with Gasteiger partial charge in [-0.15, -0.1) is 0 Å². The zero-order valence-electron chi connectivity index (χ0n) is 2.36. The van der Waals surface area contributed by atoms with Crippen molar-refractivity contribution in [2.24, 2.45) is 0 Å². The van der Waals surface area contributed by atoms with E-state index >= 15 is 0 Å². The van der Waals surface area contributed by atoms with Crippen molar-refractivity contribution in [3.05, 3.63) is 0 Å². The Bertz CT molecular complexity index is 60.7. The summed E-state index contributed by atoms with van der Waals surface area (Å²) in [5, 5.41) is 6.36. The molecule has 0 aliphatic rings. The highest BCUT2D eigenvalue weighted by Crippen LogP contribution is 1.75. The Balaban J connectivity index is 3.20. The second-order valence-electron chi connectivity index (χ2n) is 0.466. The molecule has 3 heteroatoms. The third-order valence-electron chi connectivity index (χ3n) is 0.103. The van der Waals surface area contributed by atoms with Gasteiger partial charge in [0, 0.05) is 0 Å². The van der Waals surface area contributed by atoms with Gasteiger partial charge in [0.15, 0.2) is 6.29 Å². The molecule has 0 amide bonds. The van der Waals surface area contributed by atoms with Crippen LogP contribution in [0.3, 0.4) is 0 Å². The second-order valence-corrected chi connectivity index (χ2v) is 1.63. The van der Waals surface area contributed by atoms with Crippen LogP contribution in [-0.2, 0) is 4.79 Å². The Kier molecular flexibility index (Phi) is 2.35. The van der Waals surface area contributed by atoms with Crippen LogP contribution in [0, 0.1) is 5.41 Å². The van der Waals surface area contributed by atoms with Gasteiger partial charge in [0.2, 0.25) is 0 Å². The maximum absolute atomic E-state index is 9.27. The van der Waals surface area contributed by atoms with E-state index in [0.29, 0.717) is 6.29 Å². The van der Waals surface area contributed by atoms with E-state index in [1.165, 1.54) is 0 Å². The molecule has 0 bridgehead atoms. The molecule has 0 atom stereocenters. The van der Waals surface area contributed by atoms with Crippen molar-refractivity contribution in [3.8, 4) is 0 Å². The summed E-state index contributed by atoms with van der Waals surface area (Å²) < 4.78 is 0.0441. The molecule has 0 heterocycles. The van der Waals surface area contributed by atoms with Crippen LogP contribution < -0.4 is 0 Å². The number of aldehydes is 1. The van der Waals surface area contributed by atoms with E-state index in [4.69, 9.17) is 5.41 Å². The summed E-state index contributed by atoms with van der Waals surface area (Å²) in [5.74, 6) is 0. The van der Waals surface area contributed by atoms with Gasteiger partial charge >= 0.3 is 0 Å². The SMILES string of the molecule is N=C(I)C=O. The summed E-state index contributed by atoms with van der Waals surface area (Å²) in [5.41, 5.74) is 0. The summed E-state index contributed by atoms with van der Waals surface area (Å²) in [4.78, 5) is 9.27. The Labute approximate surface area is 43.2 Å². The molecule has 0 fully saturated rings. The molecule has 0 saturated carbocycles. The van der Waals surface area contributed by atoms with Crippen LogP contribution in [0.1, 0.15) is 0 Å². The van der Waals surface area contributed by atoms with Crippen molar-refractivity contribution in [2.45, 2.75) is 0 Å². The lowest BCUT2D eigenvalue weighted by Crippen LogP contribution is -1.77. The van der Waals surface area contributed by atoms with E-state index in [1.54, 1.807) is 22.6 Å². The lowest BCUT2D eigenvalue weighted by atomic mass is 10.9. The fourth-order valence-corrected chi connectivity index (χ4v) is 0. The van der Waals surface area contributed by atoms with Crippen molar-refractivity contribution in [3.63, 3.8) is 0 Å². The average molecular weight is 183 g/mol. The van der Waals surface area contributed by atoms with Crippen molar-refractivity contribution >= 4 is 32.6 Å². The molecular weight excluding hydrogens is 181 g/mol. The molecular formula is C2H2INO. The lowest BCUT2D eigenvalue weighted by molar-refractivity contribution is -0.102. The van der Waals surface area contributed by atoms with Crippen LogP contribution >= 0.6 is 22.6 Å². The van der Waals surface area contributed by atoms with Crippen molar-refractivity contribution in [1.29, 1.82) is 5.41 Å². The first kappa shape index (κ1) is 5.07. The van der Waals surface area contributed by atoms with Gasteiger partial charge in [0.05, 0.1) is 0 Å². The first-order chi connectivity index (χ1) is 2.27. The quantitative estimate of drug-likeness (QED) is 0.361. The van der Waals surface area contributed by atoms with Gasteiger partial charge in [-0.1, -0.05) is 0 Å². The predicted molar refractivity (Wildman–Crippen MR) is 27.8 cm³/mol. The number of carbonyl (C=O) groups excluding carboxylic acids is 1. The summed E-state index contributed by atoms with van der Waals surface area (Å²) in [6, 6.07) is 0. The standard InChI is InChI=1S/C2H2INO/c3-2(4)1-5/h1,4H. The van der Waals surface area contributed by atoms with E-state index in [9.17, 15) is 4.79 Å². The van der Waals surface area contributed by atoms with Crippen molar-refractivity contribution in [1.82, 2.24) is 0 Å². The maximum Gasteiger partial charge on any atom is 0.173 e. The largest absolute Gasteiger partial charge is 0.296 e. The smallest absolute Gasteiger partial charge is 0.173 e. The lowest BCUT2D eigenvalue weighted by Gasteiger charge is -1.60. The molecule has 0 aromatic rings. The minimum Gasteiger partial charge on any atom is -0.296 e. The summed E-state index contributed by atoms with van der Waals surface area (Å²) >= 11 is 1.62. The van der Waals surface area contributed by atoms with Crippen molar-refractivity contribution < 1.29 is 4.79 Å². The molecule has 0 aromatic heterocycles. The Morgan fingerprint density at radius 2 is 2.20 bits per heavy atom. The van der Waals surface area contributed by atoms with E-state index < -0.39 is 0 Å². The molecule has 0 saturated heterocycles. The summed E-state index contributed by atoms with van der Waals surface area (Å²) in [6.45, 7) is 0. The molecule has 0 unspecified atom stereocenters. The van der Waals surface area contributed by atoms with Crippen LogP contribution in [0.15, 0.2) is 0 Å². The minimum absolute atomic E-state index is 0.0441.